The van der Waals surface area contributed by atoms with E-state index in [1.165, 1.54) is 9.80 Å². The summed E-state index contributed by atoms with van der Waals surface area (Å²) in [5, 5.41) is 11.0. The lowest BCUT2D eigenvalue weighted by atomic mass is 9.70. The molecule has 2 aromatic rings. The molecule has 7 atom stereocenters. The first-order chi connectivity index (χ1) is 19.2. The van der Waals surface area contributed by atoms with E-state index in [1.807, 2.05) is 31.2 Å². The Hall–Kier alpha value is -2.72. The number of benzene rings is 2. The molecule has 3 fully saturated rings. The zero-order valence-corrected chi connectivity index (χ0v) is 24.7. The third-order valence-electron chi connectivity index (χ3n) is 8.25. The molecule has 10 heteroatoms. The van der Waals surface area contributed by atoms with Gasteiger partial charge in [0.15, 0.2) is 0 Å². The van der Waals surface area contributed by atoms with Crippen molar-refractivity contribution in [2.45, 2.75) is 48.9 Å². The number of ether oxygens (including phenoxy) is 2. The molecule has 3 unspecified atom stereocenters. The van der Waals surface area contributed by atoms with Crippen LogP contribution in [0.4, 0.5) is 5.69 Å². The minimum atomic E-state index is -1.32. The van der Waals surface area contributed by atoms with Crippen LogP contribution in [-0.2, 0) is 23.9 Å². The van der Waals surface area contributed by atoms with Crippen LogP contribution in [0.1, 0.15) is 30.5 Å². The minimum Gasteiger partial charge on any atom is -0.466 e. The van der Waals surface area contributed by atoms with Crippen molar-refractivity contribution in [2.75, 3.05) is 24.7 Å². The standard InChI is InChI=1S/C30H32BrClN2O6/c1-4-14-33(24-17(3)10-9-13-20(24)32)28(37)26-30-15-19(31)25(40-30)22(29(38)39-5-2)23(30)27(36)34(26)21(16-35)18-11-7-6-8-12-18/h4,6-13,19,21-23,25-26,35H,1,5,14-16H2,2-3H3/t19?,21-,22+,23+,25+,26?,30?/m1/s1. The Balaban J connectivity index is 1.69. The highest BCUT2D eigenvalue weighted by molar-refractivity contribution is 9.09. The highest BCUT2D eigenvalue weighted by Crippen LogP contribution is 2.61. The second kappa shape index (κ2) is 11.3. The minimum absolute atomic E-state index is 0.125. The molecule has 0 radical (unpaired) electrons. The first kappa shape index (κ1) is 28.8. The molecule has 2 amide bonds. The van der Waals surface area contributed by atoms with Gasteiger partial charge in [-0.1, -0.05) is 76.1 Å². The van der Waals surface area contributed by atoms with E-state index >= 15 is 0 Å². The van der Waals surface area contributed by atoms with Crippen molar-refractivity contribution in [3.8, 4) is 0 Å². The number of para-hydroxylation sites is 1. The molecule has 5 rings (SSSR count). The Morgan fingerprint density at radius 2 is 2.02 bits per heavy atom. The van der Waals surface area contributed by atoms with Crippen LogP contribution in [0.25, 0.3) is 0 Å². The molecular weight excluding hydrogens is 600 g/mol. The van der Waals surface area contributed by atoms with Gasteiger partial charge in [-0.3, -0.25) is 14.4 Å². The van der Waals surface area contributed by atoms with Gasteiger partial charge in [-0.05, 0) is 37.5 Å². The number of carbonyl (C=O) groups is 3. The summed E-state index contributed by atoms with van der Waals surface area (Å²) in [6.07, 6.45) is 1.29. The molecule has 1 spiro atoms. The molecular formula is C30H32BrClN2O6. The van der Waals surface area contributed by atoms with E-state index in [4.69, 9.17) is 21.1 Å². The second-order valence-electron chi connectivity index (χ2n) is 10.4. The average molecular weight is 632 g/mol. The van der Waals surface area contributed by atoms with Crippen molar-refractivity contribution in [1.29, 1.82) is 0 Å². The van der Waals surface area contributed by atoms with Gasteiger partial charge in [0.1, 0.15) is 11.6 Å². The van der Waals surface area contributed by atoms with Gasteiger partial charge < -0.3 is 24.4 Å². The van der Waals surface area contributed by atoms with Crippen LogP contribution >= 0.6 is 27.5 Å². The molecule has 3 saturated heterocycles. The lowest BCUT2D eigenvalue weighted by Gasteiger charge is -2.40. The molecule has 212 valence electrons. The fourth-order valence-corrected chi connectivity index (χ4v) is 8.02. The highest BCUT2D eigenvalue weighted by atomic mass is 79.9. The molecule has 40 heavy (non-hydrogen) atoms. The summed E-state index contributed by atoms with van der Waals surface area (Å²) in [4.78, 5) is 45.2. The number of aryl methyl sites for hydroxylation is 1. The van der Waals surface area contributed by atoms with E-state index in [-0.39, 0.29) is 18.0 Å². The van der Waals surface area contributed by atoms with Crippen LogP contribution in [0, 0.1) is 18.8 Å². The SMILES string of the molecule is C=CCN(C(=O)C1N([C@H](CO)c2ccccc2)C(=O)[C@@H]2[C@H](C(=O)OCC)[C@H]3OC12CC3Br)c1c(C)cccc1Cl. The number of esters is 1. The number of anilines is 1. The molecule has 3 aliphatic rings. The van der Waals surface area contributed by atoms with E-state index in [0.717, 1.165) is 5.56 Å². The van der Waals surface area contributed by atoms with Crippen LogP contribution < -0.4 is 4.90 Å². The number of hydrogen-bond acceptors (Lipinski definition) is 6. The maximum atomic E-state index is 14.8. The Morgan fingerprint density at radius 3 is 2.65 bits per heavy atom. The van der Waals surface area contributed by atoms with E-state index in [0.29, 0.717) is 22.7 Å². The summed E-state index contributed by atoms with van der Waals surface area (Å²) >= 11 is 10.3. The number of alkyl halides is 1. The van der Waals surface area contributed by atoms with E-state index in [2.05, 4.69) is 22.5 Å². The van der Waals surface area contributed by atoms with Crippen molar-refractivity contribution in [3.05, 3.63) is 77.3 Å². The highest BCUT2D eigenvalue weighted by Gasteiger charge is 2.77. The molecule has 2 aromatic carbocycles. The van der Waals surface area contributed by atoms with Crippen molar-refractivity contribution >= 4 is 51.0 Å². The van der Waals surface area contributed by atoms with Gasteiger partial charge in [0, 0.05) is 11.4 Å². The number of nitrogens with zero attached hydrogens (tertiary/aromatic N) is 2. The number of hydrogen-bond donors (Lipinski definition) is 1. The Kier molecular flexibility index (Phi) is 8.12. The van der Waals surface area contributed by atoms with Gasteiger partial charge in [0.05, 0.1) is 47.9 Å². The normalized spacial score (nSPS) is 29.3. The number of halogens is 2. The maximum Gasteiger partial charge on any atom is 0.312 e. The number of aliphatic hydroxyl groups is 1. The van der Waals surface area contributed by atoms with Gasteiger partial charge in [-0.25, -0.2) is 0 Å². The maximum absolute atomic E-state index is 14.8. The fourth-order valence-electron chi connectivity index (χ4n) is 6.75. The zero-order valence-electron chi connectivity index (χ0n) is 22.3. The van der Waals surface area contributed by atoms with Crippen molar-refractivity contribution in [3.63, 3.8) is 0 Å². The third kappa shape index (κ3) is 4.38. The summed E-state index contributed by atoms with van der Waals surface area (Å²) in [5.41, 5.74) is 0.621. The quantitative estimate of drug-likeness (QED) is 0.253. The van der Waals surface area contributed by atoms with Crippen LogP contribution in [0.2, 0.25) is 5.02 Å². The summed E-state index contributed by atoms with van der Waals surface area (Å²) < 4.78 is 12.0. The van der Waals surface area contributed by atoms with Gasteiger partial charge >= 0.3 is 5.97 Å². The predicted molar refractivity (Wildman–Crippen MR) is 154 cm³/mol. The topological polar surface area (TPSA) is 96.4 Å². The van der Waals surface area contributed by atoms with Crippen LogP contribution in [0.5, 0.6) is 0 Å². The summed E-state index contributed by atoms with van der Waals surface area (Å²) in [7, 11) is 0. The third-order valence-corrected chi connectivity index (χ3v) is 9.40. The van der Waals surface area contributed by atoms with E-state index < -0.39 is 60.0 Å². The molecule has 3 heterocycles. The lowest BCUT2D eigenvalue weighted by Crippen LogP contribution is -2.57. The molecule has 0 aromatic heterocycles. The largest absolute Gasteiger partial charge is 0.466 e. The summed E-state index contributed by atoms with van der Waals surface area (Å²) in [6.45, 7) is 7.26. The molecule has 1 N–H and O–H groups in total. The first-order valence-corrected chi connectivity index (χ1v) is 14.6. The zero-order chi connectivity index (χ0) is 28.8. The van der Waals surface area contributed by atoms with E-state index in [1.54, 1.807) is 37.3 Å². The summed E-state index contributed by atoms with van der Waals surface area (Å²) in [6, 6.07) is 12.4. The first-order valence-electron chi connectivity index (χ1n) is 13.4. The Morgan fingerprint density at radius 1 is 1.30 bits per heavy atom. The second-order valence-corrected chi connectivity index (χ2v) is 12.0. The monoisotopic (exact) mass is 630 g/mol. The van der Waals surface area contributed by atoms with Gasteiger partial charge in [-0.2, -0.15) is 0 Å². The fraction of sp³-hybridized carbons (Fsp3) is 0.433. The van der Waals surface area contributed by atoms with Gasteiger partial charge in [0.25, 0.3) is 5.91 Å². The van der Waals surface area contributed by atoms with Gasteiger partial charge in [0.2, 0.25) is 5.91 Å². The smallest absolute Gasteiger partial charge is 0.312 e. The molecule has 0 saturated carbocycles. The number of fused-ring (bicyclic) bond motifs is 1. The average Bonchev–Trinajstić information content (AvgIpc) is 3.52. The molecule has 3 aliphatic heterocycles. The Bertz CT molecular complexity index is 1300. The molecule has 2 bridgehead atoms. The lowest BCUT2D eigenvalue weighted by molar-refractivity contribution is -0.155. The van der Waals surface area contributed by atoms with Crippen LogP contribution in [0.15, 0.2) is 61.2 Å². The van der Waals surface area contributed by atoms with Crippen molar-refractivity contribution in [2.24, 2.45) is 11.8 Å². The number of amides is 2. The van der Waals surface area contributed by atoms with Gasteiger partial charge in [-0.15, -0.1) is 6.58 Å². The molecule has 0 aliphatic carbocycles. The van der Waals surface area contributed by atoms with Crippen LogP contribution in [-0.4, -0.2) is 70.1 Å². The van der Waals surface area contributed by atoms with Crippen molar-refractivity contribution < 1.29 is 29.0 Å². The summed E-state index contributed by atoms with van der Waals surface area (Å²) in [5.74, 6) is -3.22. The Labute approximate surface area is 247 Å². The number of carbonyl (C=O) groups excluding carboxylic acids is 3. The van der Waals surface area contributed by atoms with Crippen molar-refractivity contribution in [1.82, 2.24) is 4.90 Å². The number of rotatable bonds is 9. The predicted octanol–water partition coefficient (Wildman–Crippen LogP) is 4.21. The number of likely N-dealkylation sites (tertiary alicyclic amines) is 1. The van der Waals surface area contributed by atoms with E-state index in [9.17, 15) is 19.5 Å². The number of aliphatic hydroxyl groups excluding tert-OH is 1. The van der Waals surface area contributed by atoms with Crippen LogP contribution in [0.3, 0.4) is 0 Å². The molecule has 8 nitrogen and oxygen atoms in total.